The van der Waals surface area contributed by atoms with Crippen LogP contribution < -0.4 is 0 Å². The Hall–Kier alpha value is -0.416. The van der Waals surface area contributed by atoms with E-state index in [1.54, 1.807) is 20.8 Å². The third kappa shape index (κ3) is 13.3. The van der Waals surface area contributed by atoms with Crippen LogP contribution in [-0.4, -0.2) is 28.4 Å². The van der Waals surface area contributed by atoms with E-state index < -0.39 is 23.5 Å². The maximum absolute atomic E-state index is 11.8. The molecule has 0 spiro atoms. The number of carbonyl (C=O) groups excluding carboxylic acids is 2. The number of carboxylic acid groups (broad SMARTS) is 1. The average Bonchev–Trinajstić information content (AvgIpc) is 2.18. The van der Waals surface area contributed by atoms with Gasteiger partial charge in [-0.2, -0.15) is 0 Å². The van der Waals surface area contributed by atoms with Crippen LogP contribution in [0.5, 0.6) is 0 Å². The molecule has 0 rings (SSSR count). The number of Topliss-reactive ketones (excluding diaryl/α,β-unsaturated/α-hetero) is 1. The molecule has 1 atom stereocenters. The van der Waals surface area contributed by atoms with Crippen molar-refractivity contribution < 1.29 is 56.9 Å². The Morgan fingerprint density at radius 2 is 1.59 bits per heavy atom. The van der Waals surface area contributed by atoms with Gasteiger partial charge in [-0.25, -0.2) is 0 Å². The van der Waals surface area contributed by atoms with Crippen LogP contribution in [0.1, 0.15) is 60.8 Å². The second kappa shape index (κ2) is 9.66. The van der Waals surface area contributed by atoms with Crippen LogP contribution in [0.2, 0.25) is 0 Å². The average molecular weight is 388 g/mol. The predicted molar refractivity (Wildman–Crippen MR) is 79.6 cm³/mol. The molecule has 0 bridgehead atoms. The van der Waals surface area contributed by atoms with Crippen LogP contribution in [0.3, 0.4) is 0 Å². The largest absolute Gasteiger partial charge is 0.481 e. The zero-order valence-electron chi connectivity index (χ0n) is 14.4. The van der Waals surface area contributed by atoms with Crippen molar-refractivity contribution in [3.05, 3.63) is 6.42 Å². The van der Waals surface area contributed by atoms with Crippen molar-refractivity contribution in [2.45, 2.75) is 66.4 Å². The van der Waals surface area contributed by atoms with Crippen LogP contribution in [0, 0.1) is 17.8 Å². The van der Waals surface area contributed by atoms with Crippen molar-refractivity contribution in [3.8, 4) is 0 Å². The number of ketones is 1. The molecule has 22 heavy (non-hydrogen) atoms. The molecule has 0 aromatic heterocycles. The summed E-state index contributed by atoms with van der Waals surface area (Å²) in [6, 6.07) is 0. The van der Waals surface area contributed by atoms with Crippen LogP contribution in [-0.2, 0) is 51.8 Å². The molecule has 0 aliphatic rings. The third-order valence-electron chi connectivity index (χ3n) is 2.51. The quantitative estimate of drug-likeness (QED) is 0.536. The molecule has 0 fully saturated rings. The van der Waals surface area contributed by atoms with E-state index in [9.17, 15) is 14.4 Å². The van der Waals surface area contributed by atoms with Gasteiger partial charge in [-0.15, -0.1) is 5.41 Å². The van der Waals surface area contributed by atoms with Crippen molar-refractivity contribution in [2.75, 3.05) is 0 Å². The van der Waals surface area contributed by atoms with Gasteiger partial charge >= 0.3 is 11.9 Å². The molecule has 1 radical (unpaired) electrons. The normalized spacial score (nSPS) is 12.8. The smallest absolute Gasteiger partial charge is 0.306 e. The Bertz CT molecular complexity index is 390. The summed E-state index contributed by atoms with van der Waals surface area (Å²) in [5.74, 6) is -2.57. The maximum atomic E-state index is 11.8. The van der Waals surface area contributed by atoms with Gasteiger partial charge in [0.15, 0.2) is 0 Å². The molecular weight excluding hydrogens is 361 g/mol. The summed E-state index contributed by atoms with van der Waals surface area (Å²) in [4.78, 5) is 34.6. The summed E-state index contributed by atoms with van der Waals surface area (Å²) in [5.41, 5.74) is -0.878. The van der Waals surface area contributed by atoms with Crippen molar-refractivity contribution >= 4 is 17.7 Å². The van der Waals surface area contributed by atoms with Crippen LogP contribution >= 0.6 is 0 Å². The van der Waals surface area contributed by atoms with Gasteiger partial charge in [0.05, 0.1) is 5.92 Å². The number of hydrogen-bond acceptors (Lipinski definition) is 4. The van der Waals surface area contributed by atoms with Gasteiger partial charge in [-0.1, -0.05) is 20.8 Å². The van der Waals surface area contributed by atoms with Crippen molar-refractivity contribution in [3.63, 3.8) is 0 Å². The maximum Gasteiger partial charge on any atom is 0.306 e. The number of rotatable bonds is 7. The zero-order valence-corrected chi connectivity index (χ0v) is 17.3. The van der Waals surface area contributed by atoms with E-state index in [1.165, 1.54) is 6.42 Å². The van der Waals surface area contributed by atoms with E-state index in [0.29, 0.717) is 0 Å². The number of carboxylic acids is 1. The van der Waals surface area contributed by atoms with Gasteiger partial charge in [0.25, 0.3) is 0 Å². The Kier molecular flexibility index (Phi) is 10.5. The first-order valence-electron chi connectivity index (χ1n) is 7.13. The summed E-state index contributed by atoms with van der Waals surface area (Å²) < 4.78 is 5.13. The van der Waals surface area contributed by atoms with E-state index in [0.717, 1.165) is 0 Å². The molecule has 0 aliphatic heterocycles. The second-order valence-corrected chi connectivity index (χ2v) is 7.34. The summed E-state index contributed by atoms with van der Waals surface area (Å²) in [6.07, 6.45) is 1.54. The van der Waals surface area contributed by atoms with E-state index in [4.69, 9.17) is 9.84 Å². The van der Waals surface area contributed by atoms with Gasteiger partial charge in [-0.3, -0.25) is 9.59 Å². The number of ether oxygens (including phenoxy) is 1. The fraction of sp³-hybridized carbons (Fsp3) is 0.750. The summed E-state index contributed by atoms with van der Waals surface area (Å²) in [6.45, 7) is 10.9. The van der Waals surface area contributed by atoms with Gasteiger partial charge in [-0.05, 0) is 33.6 Å². The molecule has 1 N–H and O–H groups in total. The molecule has 125 valence electrons. The van der Waals surface area contributed by atoms with Gasteiger partial charge < -0.3 is 21.1 Å². The molecule has 0 saturated carbocycles. The first-order valence-corrected chi connectivity index (χ1v) is 7.13. The molecular formula is C16H27O5Y-. The van der Waals surface area contributed by atoms with E-state index in [1.807, 2.05) is 20.8 Å². The minimum absolute atomic E-state index is 0. The zero-order chi connectivity index (χ0) is 16.8. The fourth-order valence-electron chi connectivity index (χ4n) is 1.78. The van der Waals surface area contributed by atoms with Gasteiger partial charge in [0, 0.05) is 44.9 Å². The summed E-state index contributed by atoms with van der Waals surface area (Å²) in [5, 5.41) is 9.15. The molecule has 0 aromatic carbocycles. The number of esters is 1. The van der Waals surface area contributed by atoms with Crippen molar-refractivity contribution in [1.82, 2.24) is 0 Å². The molecule has 5 nitrogen and oxygen atoms in total. The molecule has 6 heteroatoms. The molecule has 0 amide bonds. The minimum Gasteiger partial charge on any atom is -0.481 e. The fourth-order valence-corrected chi connectivity index (χ4v) is 1.78. The first kappa shape index (κ1) is 23.8. The van der Waals surface area contributed by atoms with Crippen LogP contribution in [0.4, 0.5) is 0 Å². The second-order valence-electron chi connectivity index (χ2n) is 7.34. The Morgan fingerprint density at radius 3 is 1.95 bits per heavy atom. The SMILES string of the molecule is CC(C)(C)[CH-]C(=O)CC(CCC(=O)OC(C)(C)C)C(=O)O.[Y]. The summed E-state index contributed by atoms with van der Waals surface area (Å²) in [7, 11) is 0. The van der Waals surface area contributed by atoms with Crippen LogP contribution in [0.25, 0.3) is 0 Å². The van der Waals surface area contributed by atoms with Crippen molar-refractivity contribution in [2.24, 2.45) is 11.3 Å². The Morgan fingerprint density at radius 1 is 1.09 bits per heavy atom. The number of carbonyl (C=O) groups is 3. The minimum atomic E-state index is -1.06. The number of aliphatic carboxylic acids is 1. The predicted octanol–water partition coefficient (Wildman–Crippen LogP) is 3.02. The monoisotopic (exact) mass is 388 g/mol. The molecule has 0 saturated heterocycles. The topological polar surface area (TPSA) is 80.7 Å². The number of hydrogen-bond donors (Lipinski definition) is 1. The van der Waals surface area contributed by atoms with Crippen molar-refractivity contribution in [1.29, 1.82) is 0 Å². The van der Waals surface area contributed by atoms with E-state index in [-0.39, 0.29) is 63.2 Å². The van der Waals surface area contributed by atoms with Gasteiger partial charge in [0.1, 0.15) is 5.60 Å². The van der Waals surface area contributed by atoms with E-state index >= 15 is 0 Å². The Labute approximate surface area is 158 Å². The van der Waals surface area contributed by atoms with E-state index in [2.05, 4.69) is 0 Å². The first-order chi connectivity index (χ1) is 9.30. The molecule has 1 unspecified atom stereocenters. The molecule has 0 heterocycles. The van der Waals surface area contributed by atoms with Crippen LogP contribution in [0.15, 0.2) is 0 Å². The summed E-state index contributed by atoms with van der Waals surface area (Å²) >= 11 is 0. The standard InChI is InChI=1S/C16H27O5.Y/c1-15(2,3)10-12(17)9-11(14(19)20)7-8-13(18)21-16(4,5)6;/h10-11H,7-9H2,1-6H3,(H,19,20);/q-1;. The third-order valence-corrected chi connectivity index (χ3v) is 2.51. The van der Waals surface area contributed by atoms with Gasteiger partial charge in [0.2, 0.25) is 0 Å². The molecule has 0 aliphatic carbocycles. The molecule has 0 aromatic rings. The Balaban J connectivity index is 0.